The zero-order valence-corrected chi connectivity index (χ0v) is 30.1. The number of rotatable bonds is 5. The van der Waals surface area contributed by atoms with E-state index < -0.39 is 0 Å². The average molecular weight is 714 g/mol. The van der Waals surface area contributed by atoms with Crippen molar-refractivity contribution in [2.24, 2.45) is 0 Å². The number of para-hydroxylation sites is 4. The van der Waals surface area contributed by atoms with Gasteiger partial charge in [0.05, 0.1) is 27.6 Å². The summed E-state index contributed by atoms with van der Waals surface area (Å²) >= 11 is 0. The van der Waals surface area contributed by atoms with Crippen molar-refractivity contribution in [3.8, 4) is 51.1 Å². The van der Waals surface area contributed by atoms with E-state index >= 15 is 0 Å². The maximum atomic E-state index is 9.82. The van der Waals surface area contributed by atoms with Gasteiger partial charge < -0.3 is 9.13 Å². The van der Waals surface area contributed by atoms with Gasteiger partial charge in [0.1, 0.15) is 6.07 Å². The van der Waals surface area contributed by atoms with E-state index in [1.54, 1.807) is 0 Å². The van der Waals surface area contributed by atoms with Crippen LogP contribution in [0.4, 0.5) is 0 Å². The highest BCUT2D eigenvalue weighted by molar-refractivity contribution is 6.16. The molecule has 0 aliphatic heterocycles. The number of aromatic nitrogens is 4. The minimum atomic E-state index is 0.380. The molecule has 0 saturated heterocycles. The molecular formula is C51H31N5. The molecule has 11 aromatic rings. The Kier molecular flexibility index (Phi) is 7.16. The van der Waals surface area contributed by atoms with Gasteiger partial charge in [0, 0.05) is 43.9 Å². The molecule has 0 N–H and O–H groups in total. The molecule has 0 amide bonds. The minimum absolute atomic E-state index is 0.380. The summed E-state index contributed by atoms with van der Waals surface area (Å²) in [6.45, 7) is 0. The van der Waals surface area contributed by atoms with Crippen LogP contribution in [0, 0.1) is 11.3 Å². The van der Waals surface area contributed by atoms with Gasteiger partial charge >= 0.3 is 0 Å². The van der Waals surface area contributed by atoms with E-state index in [0.29, 0.717) is 11.5 Å². The Morgan fingerprint density at radius 3 is 1.80 bits per heavy atom. The standard InChI is InChI=1S/C51H31N5/c52-32-45-41-17-4-7-20-44(41)53-51(54-45)33-24-27-38(28-25-33)56-47-22-9-6-18-42(47)50-39(19-11-23-49(50)56)36-13-10-12-34(30-36)35-26-29-48-43(31-35)40-16-5-8-21-46(40)55(48)37-14-2-1-3-15-37/h1-31H. The molecule has 0 aliphatic carbocycles. The summed E-state index contributed by atoms with van der Waals surface area (Å²) in [5.41, 5.74) is 13.6. The van der Waals surface area contributed by atoms with Crippen LogP contribution in [0.25, 0.3) is 99.5 Å². The van der Waals surface area contributed by atoms with E-state index in [0.717, 1.165) is 38.9 Å². The lowest BCUT2D eigenvalue weighted by molar-refractivity contribution is 1.17. The summed E-state index contributed by atoms with van der Waals surface area (Å²) in [6, 6.07) is 68.5. The number of benzene rings is 8. The highest BCUT2D eigenvalue weighted by Crippen LogP contribution is 2.41. The fourth-order valence-electron chi connectivity index (χ4n) is 8.46. The predicted molar refractivity (Wildman–Crippen MR) is 229 cm³/mol. The molecule has 3 aromatic heterocycles. The fraction of sp³-hybridized carbons (Fsp3) is 0. The van der Waals surface area contributed by atoms with Crippen LogP contribution in [0.15, 0.2) is 188 Å². The van der Waals surface area contributed by atoms with E-state index in [1.165, 1.54) is 54.8 Å². The Morgan fingerprint density at radius 1 is 0.393 bits per heavy atom. The molecule has 260 valence electrons. The third-order valence-corrected chi connectivity index (χ3v) is 11.0. The lowest BCUT2D eigenvalue weighted by atomic mass is 9.95. The van der Waals surface area contributed by atoms with Crippen molar-refractivity contribution < 1.29 is 0 Å². The summed E-state index contributed by atoms with van der Waals surface area (Å²) < 4.78 is 4.69. The zero-order valence-electron chi connectivity index (χ0n) is 30.1. The molecule has 0 spiro atoms. The van der Waals surface area contributed by atoms with Crippen molar-refractivity contribution in [3.05, 3.63) is 194 Å². The first-order valence-electron chi connectivity index (χ1n) is 18.7. The van der Waals surface area contributed by atoms with E-state index in [2.05, 4.69) is 172 Å². The first-order valence-corrected chi connectivity index (χ1v) is 18.7. The first kappa shape index (κ1) is 31.7. The molecule has 0 atom stereocenters. The van der Waals surface area contributed by atoms with E-state index in [1.807, 2.05) is 36.4 Å². The van der Waals surface area contributed by atoms with Crippen LogP contribution in [0.3, 0.4) is 0 Å². The molecule has 0 bridgehead atoms. The Balaban J connectivity index is 1.02. The number of hydrogen-bond donors (Lipinski definition) is 0. The number of fused-ring (bicyclic) bond motifs is 7. The van der Waals surface area contributed by atoms with E-state index in [4.69, 9.17) is 4.98 Å². The van der Waals surface area contributed by atoms with Gasteiger partial charge in [0.25, 0.3) is 0 Å². The second kappa shape index (κ2) is 12.7. The van der Waals surface area contributed by atoms with Gasteiger partial charge in [-0.05, 0) is 107 Å². The summed E-state index contributed by atoms with van der Waals surface area (Å²) in [5.74, 6) is 0.539. The smallest absolute Gasteiger partial charge is 0.161 e. The SMILES string of the molecule is N#Cc1nc(-c2ccc(-n3c4ccccc4c4c(-c5cccc(-c6ccc7c(c6)c6ccccc6n7-c6ccccc6)c5)cccc43)cc2)nc2ccccc12. The van der Waals surface area contributed by atoms with Crippen LogP contribution < -0.4 is 0 Å². The average Bonchev–Trinajstić information content (AvgIpc) is 3.79. The Hall–Kier alpha value is -7.81. The Bertz CT molecular complexity index is 3370. The topological polar surface area (TPSA) is 59.4 Å². The number of nitrogens with zero attached hydrogens (tertiary/aromatic N) is 5. The molecule has 0 saturated carbocycles. The second-order valence-electron chi connectivity index (χ2n) is 14.1. The van der Waals surface area contributed by atoms with Gasteiger partial charge in [-0.3, -0.25) is 0 Å². The van der Waals surface area contributed by atoms with E-state index in [9.17, 15) is 5.26 Å². The lowest BCUT2D eigenvalue weighted by Gasteiger charge is -2.11. The van der Waals surface area contributed by atoms with Crippen molar-refractivity contribution in [3.63, 3.8) is 0 Å². The molecule has 0 unspecified atom stereocenters. The van der Waals surface area contributed by atoms with Crippen molar-refractivity contribution in [2.45, 2.75) is 0 Å². The van der Waals surface area contributed by atoms with Crippen LogP contribution in [-0.4, -0.2) is 19.1 Å². The second-order valence-corrected chi connectivity index (χ2v) is 14.1. The zero-order chi connectivity index (χ0) is 37.2. The van der Waals surface area contributed by atoms with Crippen LogP contribution in [0.5, 0.6) is 0 Å². The number of hydrogen-bond acceptors (Lipinski definition) is 3. The monoisotopic (exact) mass is 713 g/mol. The highest BCUT2D eigenvalue weighted by Gasteiger charge is 2.18. The maximum Gasteiger partial charge on any atom is 0.161 e. The maximum absolute atomic E-state index is 9.82. The quantitative estimate of drug-likeness (QED) is 0.178. The van der Waals surface area contributed by atoms with Crippen molar-refractivity contribution in [1.82, 2.24) is 19.1 Å². The van der Waals surface area contributed by atoms with Crippen LogP contribution in [0.2, 0.25) is 0 Å². The van der Waals surface area contributed by atoms with Crippen molar-refractivity contribution in [2.75, 3.05) is 0 Å². The highest BCUT2D eigenvalue weighted by atomic mass is 15.0. The van der Waals surface area contributed by atoms with Gasteiger partial charge in [0.15, 0.2) is 11.5 Å². The van der Waals surface area contributed by atoms with Gasteiger partial charge in [-0.15, -0.1) is 0 Å². The van der Waals surface area contributed by atoms with Crippen LogP contribution in [-0.2, 0) is 0 Å². The van der Waals surface area contributed by atoms with Crippen molar-refractivity contribution >= 4 is 54.5 Å². The summed E-state index contributed by atoms with van der Waals surface area (Å²) in [4.78, 5) is 9.41. The number of nitriles is 1. The fourth-order valence-corrected chi connectivity index (χ4v) is 8.46. The third kappa shape index (κ3) is 4.94. The summed E-state index contributed by atoms with van der Waals surface area (Å²) in [5, 5.41) is 15.5. The molecule has 0 fully saturated rings. The molecule has 5 heteroatoms. The third-order valence-electron chi connectivity index (χ3n) is 11.0. The normalized spacial score (nSPS) is 11.6. The van der Waals surface area contributed by atoms with Gasteiger partial charge in [-0.2, -0.15) is 5.26 Å². The molecule has 11 rings (SSSR count). The van der Waals surface area contributed by atoms with Gasteiger partial charge in [-0.1, -0.05) is 103 Å². The first-order chi connectivity index (χ1) is 27.7. The molecule has 3 heterocycles. The van der Waals surface area contributed by atoms with Crippen molar-refractivity contribution in [1.29, 1.82) is 5.26 Å². The van der Waals surface area contributed by atoms with Gasteiger partial charge in [-0.25, -0.2) is 9.97 Å². The summed E-state index contributed by atoms with van der Waals surface area (Å²) in [6.07, 6.45) is 0. The minimum Gasteiger partial charge on any atom is -0.309 e. The summed E-state index contributed by atoms with van der Waals surface area (Å²) in [7, 11) is 0. The Labute approximate surface area is 322 Å². The molecule has 8 aromatic carbocycles. The van der Waals surface area contributed by atoms with Crippen LogP contribution >= 0.6 is 0 Å². The molecule has 5 nitrogen and oxygen atoms in total. The molecular weight excluding hydrogens is 683 g/mol. The molecule has 0 aliphatic rings. The lowest BCUT2D eigenvalue weighted by Crippen LogP contribution is -1.97. The molecule has 56 heavy (non-hydrogen) atoms. The molecule has 0 radical (unpaired) electrons. The van der Waals surface area contributed by atoms with Crippen LogP contribution in [0.1, 0.15) is 5.69 Å². The largest absolute Gasteiger partial charge is 0.309 e. The predicted octanol–water partition coefficient (Wildman–Crippen LogP) is 12.7. The Morgan fingerprint density at radius 2 is 0.982 bits per heavy atom. The van der Waals surface area contributed by atoms with E-state index in [-0.39, 0.29) is 0 Å². The van der Waals surface area contributed by atoms with Gasteiger partial charge in [0.2, 0.25) is 0 Å².